The van der Waals surface area contributed by atoms with Gasteiger partial charge in [0, 0.05) is 17.1 Å². The average Bonchev–Trinajstić information content (AvgIpc) is 2.74. The zero-order valence-corrected chi connectivity index (χ0v) is 17.2. The number of carbonyl (C=O) groups excluding carboxylic acids is 1. The Morgan fingerprint density at radius 2 is 1.82 bits per heavy atom. The summed E-state index contributed by atoms with van der Waals surface area (Å²) in [5, 5.41) is 3.63. The van der Waals surface area contributed by atoms with Gasteiger partial charge in [0.1, 0.15) is 5.75 Å². The molecule has 0 atom stereocenters. The summed E-state index contributed by atoms with van der Waals surface area (Å²) < 4.78 is 5.48. The van der Waals surface area contributed by atoms with Crippen molar-refractivity contribution in [1.82, 2.24) is 5.32 Å². The molecular weight excluding hydrogens is 374 g/mol. The van der Waals surface area contributed by atoms with Crippen LogP contribution in [0.4, 0.5) is 5.69 Å². The maximum Gasteiger partial charge on any atom is 0.251 e. The smallest absolute Gasteiger partial charge is 0.251 e. The Morgan fingerprint density at radius 3 is 2.54 bits per heavy atom. The van der Waals surface area contributed by atoms with E-state index in [9.17, 15) is 4.79 Å². The second kappa shape index (κ2) is 10.3. The lowest BCUT2D eigenvalue weighted by Crippen LogP contribution is -3.14. The Morgan fingerprint density at radius 1 is 1.11 bits per heavy atom. The van der Waals surface area contributed by atoms with Gasteiger partial charge in [0.05, 0.1) is 45.5 Å². The number of anilines is 1. The molecular formula is C22H29ClN3O2+. The van der Waals surface area contributed by atoms with Crippen molar-refractivity contribution in [2.45, 2.75) is 12.8 Å². The number of methoxy groups -OCH3 is 1. The third-order valence-electron chi connectivity index (χ3n) is 5.25. The van der Waals surface area contributed by atoms with Crippen molar-refractivity contribution < 1.29 is 14.4 Å². The Balaban J connectivity index is 1.32. The number of hydrogen-bond donors (Lipinski definition) is 2. The van der Waals surface area contributed by atoms with E-state index in [1.165, 1.54) is 5.69 Å². The number of nitrogens with zero attached hydrogens (tertiary/aromatic N) is 1. The van der Waals surface area contributed by atoms with Gasteiger partial charge in [0.2, 0.25) is 0 Å². The quantitative estimate of drug-likeness (QED) is 0.666. The van der Waals surface area contributed by atoms with E-state index in [0.717, 1.165) is 51.3 Å². The molecule has 0 spiro atoms. The van der Waals surface area contributed by atoms with Gasteiger partial charge < -0.3 is 19.9 Å². The first-order valence-corrected chi connectivity index (χ1v) is 10.3. The standard InChI is InChI=1S/C22H28ClN3O2/c1-28-21-7-3-2-6-20(21)26-16-14-25(15-17-26)13-5-4-12-24-22(27)18-8-10-19(23)11-9-18/h2-3,6-11H,4-5,12-17H2,1H3,(H,24,27)/p+1. The van der Waals surface area contributed by atoms with E-state index in [4.69, 9.17) is 16.3 Å². The summed E-state index contributed by atoms with van der Waals surface area (Å²) in [6, 6.07) is 15.2. The fourth-order valence-corrected chi connectivity index (χ4v) is 3.74. The number of amides is 1. The molecule has 150 valence electrons. The summed E-state index contributed by atoms with van der Waals surface area (Å²) in [4.78, 5) is 16.1. The highest BCUT2D eigenvalue weighted by molar-refractivity contribution is 6.30. The monoisotopic (exact) mass is 402 g/mol. The van der Waals surface area contributed by atoms with E-state index >= 15 is 0 Å². The maximum atomic E-state index is 12.1. The van der Waals surface area contributed by atoms with Crippen molar-refractivity contribution in [2.24, 2.45) is 0 Å². The van der Waals surface area contributed by atoms with E-state index in [1.807, 2.05) is 12.1 Å². The van der Waals surface area contributed by atoms with Gasteiger partial charge in [0.15, 0.2) is 0 Å². The summed E-state index contributed by atoms with van der Waals surface area (Å²) in [7, 11) is 1.73. The van der Waals surface area contributed by atoms with Crippen molar-refractivity contribution in [1.29, 1.82) is 0 Å². The van der Waals surface area contributed by atoms with Gasteiger partial charge in [-0.25, -0.2) is 0 Å². The first-order valence-electron chi connectivity index (χ1n) is 9.92. The molecule has 28 heavy (non-hydrogen) atoms. The summed E-state index contributed by atoms with van der Waals surface area (Å²) >= 11 is 5.85. The summed E-state index contributed by atoms with van der Waals surface area (Å²) in [6.07, 6.45) is 2.12. The Bertz CT molecular complexity index is 759. The van der Waals surface area contributed by atoms with Crippen LogP contribution in [-0.4, -0.2) is 52.3 Å². The van der Waals surface area contributed by atoms with Crippen LogP contribution in [0.2, 0.25) is 5.02 Å². The van der Waals surface area contributed by atoms with Gasteiger partial charge in [-0.2, -0.15) is 0 Å². The number of hydrogen-bond acceptors (Lipinski definition) is 3. The van der Waals surface area contributed by atoms with Gasteiger partial charge in [-0.05, 0) is 49.2 Å². The number of carbonyl (C=O) groups is 1. The normalized spacial score (nSPS) is 14.7. The van der Waals surface area contributed by atoms with Crippen LogP contribution >= 0.6 is 11.6 Å². The lowest BCUT2D eigenvalue weighted by molar-refractivity contribution is -0.900. The molecule has 0 bridgehead atoms. The molecule has 3 rings (SSSR count). The van der Waals surface area contributed by atoms with Crippen LogP contribution in [0.3, 0.4) is 0 Å². The number of quaternary nitrogens is 1. The second-order valence-corrected chi connectivity index (χ2v) is 7.57. The Kier molecular flexibility index (Phi) is 7.57. The van der Waals surface area contributed by atoms with Crippen LogP contribution in [-0.2, 0) is 0 Å². The van der Waals surface area contributed by atoms with Crippen LogP contribution in [0, 0.1) is 0 Å². The zero-order chi connectivity index (χ0) is 19.8. The zero-order valence-electron chi connectivity index (χ0n) is 16.4. The van der Waals surface area contributed by atoms with E-state index in [1.54, 1.807) is 36.3 Å². The van der Waals surface area contributed by atoms with Crippen molar-refractivity contribution in [3.05, 3.63) is 59.1 Å². The molecule has 2 aromatic rings. The molecule has 0 unspecified atom stereocenters. The summed E-state index contributed by atoms with van der Waals surface area (Å²) in [5.74, 6) is 0.914. The third kappa shape index (κ3) is 5.63. The number of para-hydroxylation sites is 2. The number of nitrogens with one attached hydrogen (secondary N) is 2. The minimum absolute atomic E-state index is 0.0329. The SMILES string of the molecule is COc1ccccc1N1CC[NH+](CCCCNC(=O)c2ccc(Cl)cc2)CC1. The highest BCUT2D eigenvalue weighted by Crippen LogP contribution is 2.27. The number of unbranched alkanes of at least 4 members (excludes halogenated alkanes) is 1. The molecule has 0 radical (unpaired) electrons. The van der Waals surface area contributed by atoms with Crippen LogP contribution in [0.1, 0.15) is 23.2 Å². The lowest BCUT2D eigenvalue weighted by Gasteiger charge is -2.34. The third-order valence-corrected chi connectivity index (χ3v) is 5.50. The van der Waals surface area contributed by atoms with E-state index in [-0.39, 0.29) is 5.91 Å². The van der Waals surface area contributed by atoms with E-state index in [0.29, 0.717) is 17.1 Å². The molecule has 1 fully saturated rings. The van der Waals surface area contributed by atoms with Crippen LogP contribution < -0.4 is 19.9 Å². The maximum absolute atomic E-state index is 12.1. The van der Waals surface area contributed by atoms with Crippen molar-refractivity contribution in [3.63, 3.8) is 0 Å². The van der Waals surface area contributed by atoms with Crippen LogP contribution in [0.5, 0.6) is 5.75 Å². The van der Waals surface area contributed by atoms with Gasteiger partial charge >= 0.3 is 0 Å². The van der Waals surface area contributed by atoms with E-state index in [2.05, 4.69) is 22.3 Å². The largest absolute Gasteiger partial charge is 0.495 e. The Hall–Kier alpha value is -2.24. The molecule has 1 saturated heterocycles. The number of halogens is 1. The first-order chi connectivity index (χ1) is 13.7. The predicted molar refractivity (Wildman–Crippen MR) is 114 cm³/mol. The number of benzene rings is 2. The minimum atomic E-state index is -0.0329. The molecule has 1 aliphatic heterocycles. The fourth-order valence-electron chi connectivity index (χ4n) is 3.61. The minimum Gasteiger partial charge on any atom is -0.495 e. The van der Waals surface area contributed by atoms with Crippen molar-refractivity contribution in [3.8, 4) is 5.75 Å². The highest BCUT2D eigenvalue weighted by Gasteiger charge is 2.21. The Labute approximate surface area is 172 Å². The molecule has 5 nitrogen and oxygen atoms in total. The molecule has 1 amide bonds. The van der Waals surface area contributed by atoms with Gasteiger partial charge in [-0.1, -0.05) is 23.7 Å². The molecule has 2 N–H and O–H groups in total. The van der Waals surface area contributed by atoms with Gasteiger partial charge in [0.25, 0.3) is 5.91 Å². The van der Waals surface area contributed by atoms with Crippen molar-refractivity contribution in [2.75, 3.05) is 51.3 Å². The molecule has 0 aromatic heterocycles. The fraction of sp³-hybridized carbons (Fsp3) is 0.409. The first kappa shape index (κ1) is 20.5. The molecule has 1 aliphatic rings. The van der Waals surface area contributed by atoms with Gasteiger partial charge in [-0.15, -0.1) is 0 Å². The van der Waals surface area contributed by atoms with Crippen LogP contribution in [0.15, 0.2) is 48.5 Å². The lowest BCUT2D eigenvalue weighted by atomic mass is 10.2. The number of rotatable bonds is 8. The number of piperazine rings is 1. The topological polar surface area (TPSA) is 46.0 Å². The number of ether oxygens (including phenoxy) is 1. The molecule has 2 aromatic carbocycles. The molecule has 0 saturated carbocycles. The second-order valence-electron chi connectivity index (χ2n) is 7.13. The summed E-state index contributed by atoms with van der Waals surface area (Å²) in [6.45, 7) is 6.22. The molecule has 0 aliphatic carbocycles. The molecule has 6 heteroatoms. The van der Waals surface area contributed by atoms with Gasteiger partial charge in [-0.3, -0.25) is 4.79 Å². The molecule has 1 heterocycles. The van der Waals surface area contributed by atoms with Crippen molar-refractivity contribution >= 4 is 23.2 Å². The predicted octanol–water partition coefficient (Wildman–Crippen LogP) is 2.26. The van der Waals surface area contributed by atoms with Crippen LogP contribution in [0.25, 0.3) is 0 Å². The highest BCUT2D eigenvalue weighted by atomic mass is 35.5. The summed E-state index contributed by atoms with van der Waals surface area (Å²) in [5.41, 5.74) is 1.84. The average molecular weight is 403 g/mol. The van der Waals surface area contributed by atoms with E-state index < -0.39 is 0 Å².